The first kappa shape index (κ1) is 58.8. The van der Waals surface area contributed by atoms with Crippen LogP contribution in [0.25, 0.3) is 0 Å². The van der Waals surface area contributed by atoms with Gasteiger partial charge in [-0.1, -0.05) is 0 Å². The Bertz CT molecular complexity index is 1420. The lowest BCUT2D eigenvalue weighted by Crippen LogP contribution is -2.53. The van der Waals surface area contributed by atoms with Gasteiger partial charge in [0.05, 0.1) is 26.2 Å². The maximum absolute atomic E-state index is 11.7. The van der Waals surface area contributed by atoms with Crippen molar-refractivity contribution in [1.29, 1.82) is 0 Å². The van der Waals surface area contributed by atoms with E-state index in [1.807, 2.05) is 23.9 Å². The Balaban J connectivity index is 0.000000174. The van der Waals surface area contributed by atoms with E-state index >= 15 is 0 Å². The molecule has 4 saturated carbocycles. The van der Waals surface area contributed by atoms with Gasteiger partial charge in [0.25, 0.3) is 0 Å². The van der Waals surface area contributed by atoms with Crippen LogP contribution in [-0.2, 0) is 19.2 Å². The molecule has 4 aliphatic carbocycles. The minimum atomic E-state index is 0.289. The van der Waals surface area contributed by atoms with Crippen LogP contribution < -0.4 is 0 Å². The highest BCUT2D eigenvalue weighted by Crippen LogP contribution is 2.32. The number of hydrogen-bond donors (Lipinski definition) is 0. The first-order valence-electron chi connectivity index (χ1n) is 28.5. The molecule has 2 amide bonds. The summed E-state index contributed by atoms with van der Waals surface area (Å²) in [6, 6.07) is 2.69. The van der Waals surface area contributed by atoms with Crippen LogP contribution in [0.2, 0.25) is 0 Å². The van der Waals surface area contributed by atoms with E-state index in [0.717, 1.165) is 102 Å². The fraction of sp³-hybridized carbons (Fsp3) is 0.929. The lowest BCUT2D eigenvalue weighted by Gasteiger charge is -2.41. The maximum atomic E-state index is 11.7. The average molecular weight is 984 g/mol. The Labute approximate surface area is 428 Å². The molecule has 0 bridgehead atoms. The summed E-state index contributed by atoms with van der Waals surface area (Å²) in [7, 11) is 21.1. The molecule has 0 unspecified atom stereocenters. The second kappa shape index (κ2) is 30.4. The predicted octanol–water partition coefficient (Wildman–Crippen LogP) is 5.31. The number of likely N-dealkylation sites (N-methyl/N-ethyl adjacent to an activating group) is 2. The molecule has 8 aliphatic rings. The van der Waals surface area contributed by atoms with Gasteiger partial charge >= 0.3 is 0 Å². The SMILES string of the molecule is CN(C)CC1CCC(N2CCCC(=O)C2)CC1.CN(C)CC1CCC(N2CCCC(=O)C2)CC1.CN(C)CC1CCC(N2CCN(C)C(=O)C2)CC1.CN(C)CC1CCC(N2CCN(C)C(=O)C2)CC1. The predicted molar refractivity (Wildman–Crippen MR) is 287 cm³/mol. The number of amides is 2. The number of carbonyl (C=O) groups is 4. The molecule has 8 rings (SSSR count). The summed E-state index contributed by atoms with van der Waals surface area (Å²) in [4.78, 5) is 69.0. The summed E-state index contributed by atoms with van der Waals surface area (Å²) in [5.41, 5.74) is 0. The largest absolute Gasteiger partial charge is 0.343 e. The standard InChI is InChI=1S/2C14H27N3O.2C14H26N2O/c2*1-15(2)10-12-4-6-13(7-5-12)17-9-8-16(3)14(18)11-17;2*1-15(2)10-12-5-7-13(8-6-12)16-9-3-4-14(17)11-16/h2*12-13H,4-11H2,1-3H3;2*12-13H,3-11H2,1-2H3. The molecule has 0 aromatic carbocycles. The highest BCUT2D eigenvalue weighted by Gasteiger charge is 2.33. The maximum Gasteiger partial charge on any atom is 0.236 e. The number of hydrogen-bond acceptors (Lipinski definition) is 12. The van der Waals surface area contributed by atoms with E-state index in [2.05, 4.69) is 95.6 Å². The fourth-order valence-electron chi connectivity index (χ4n) is 13.4. The van der Waals surface area contributed by atoms with Crippen LogP contribution in [0, 0.1) is 23.7 Å². The van der Waals surface area contributed by atoms with Crippen LogP contribution in [0.5, 0.6) is 0 Å². The van der Waals surface area contributed by atoms with Gasteiger partial charge in [0, 0.05) is 103 Å². The van der Waals surface area contributed by atoms with E-state index in [4.69, 9.17) is 0 Å². The highest BCUT2D eigenvalue weighted by molar-refractivity contribution is 5.81. The molecule has 4 aliphatic heterocycles. The van der Waals surface area contributed by atoms with Crippen molar-refractivity contribution >= 4 is 23.4 Å². The summed E-state index contributed by atoms with van der Waals surface area (Å²) in [5.74, 6) is 4.95. The van der Waals surface area contributed by atoms with Crippen LogP contribution >= 0.6 is 0 Å². The van der Waals surface area contributed by atoms with Gasteiger partial charge in [0.15, 0.2) is 0 Å². The van der Waals surface area contributed by atoms with Crippen molar-refractivity contribution < 1.29 is 19.2 Å². The first-order valence-corrected chi connectivity index (χ1v) is 28.5. The number of Topliss-reactive ketones (excluding diaryl/α,β-unsaturated/α-hetero) is 2. The Morgan fingerprint density at radius 2 is 0.586 bits per heavy atom. The quantitative estimate of drug-likeness (QED) is 0.254. The van der Waals surface area contributed by atoms with Gasteiger partial charge in [-0.05, 0) is 209 Å². The van der Waals surface area contributed by atoms with Crippen molar-refractivity contribution in [2.75, 3.05) is 162 Å². The molecule has 8 fully saturated rings. The molecule has 404 valence electrons. The fourth-order valence-corrected chi connectivity index (χ4v) is 13.4. The van der Waals surface area contributed by atoms with Crippen LogP contribution in [0.3, 0.4) is 0 Å². The third-order valence-corrected chi connectivity index (χ3v) is 17.4. The van der Waals surface area contributed by atoms with Crippen LogP contribution in [-0.4, -0.2) is 259 Å². The van der Waals surface area contributed by atoms with Crippen LogP contribution in [0.1, 0.15) is 128 Å². The van der Waals surface area contributed by atoms with Crippen LogP contribution in [0.4, 0.5) is 0 Å². The zero-order valence-corrected chi connectivity index (χ0v) is 46.8. The van der Waals surface area contributed by atoms with Gasteiger partial charge in [0.2, 0.25) is 11.8 Å². The third-order valence-electron chi connectivity index (χ3n) is 17.4. The number of likely N-dealkylation sites (tertiary alicyclic amines) is 2. The van der Waals surface area contributed by atoms with Crippen molar-refractivity contribution in [3.63, 3.8) is 0 Å². The molecule has 14 heteroatoms. The first-order chi connectivity index (χ1) is 33.4. The molecular weight excluding hydrogens is 877 g/mol. The molecule has 0 radical (unpaired) electrons. The lowest BCUT2D eigenvalue weighted by molar-refractivity contribution is -0.136. The summed E-state index contributed by atoms with van der Waals surface area (Å²) in [6.07, 6.45) is 24.7. The zero-order valence-electron chi connectivity index (χ0n) is 46.8. The van der Waals surface area contributed by atoms with E-state index in [1.165, 1.54) is 129 Å². The topological polar surface area (TPSA) is 101 Å². The van der Waals surface area contributed by atoms with Gasteiger partial charge in [-0.2, -0.15) is 0 Å². The smallest absolute Gasteiger partial charge is 0.236 e. The van der Waals surface area contributed by atoms with Crippen molar-refractivity contribution in [2.45, 2.75) is 153 Å². The van der Waals surface area contributed by atoms with Crippen LogP contribution in [0.15, 0.2) is 0 Å². The van der Waals surface area contributed by atoms with Crippen molar-refractivity contribution in [3.05, 3.63) is 0 Å². The van der Waals surface area contributed by atoms with Gasteiger partial charge < -0.3 is 29.4 Å². The van der Waals surface area contributed by atoms with E-state index in [0.29, 0.717) is 48.8 Å². The lowest BCUT2D eigenvalue weighted by atomic mass is 9.84. The number of piperidine rings is 2. The molecule has 14 nitrogen and oxygen atoms in total. The zero-order chi connectivity index (χ0) is 50.7. The number of carbonyl (C=O) groups excluding carboxylic acids is 4. The summed E-state index contributed by atoms with van der Waals surface area (Å²) < 4.78 is 0. The third kappa shape index (κ3) is 20.7. The number of ketones is 2. The monoisotopic (exact) mass is 983 g/mol. The Morgan fingerprint density at radius 3 is 0.800 bits per heavy atom. The minimum absolute atomic E-state index is 0.289. The Morgan fingerprint density at radius 1 is 0.343 bits per heavy atom. The molecule has 0 atom stereocenters. The second-order valence-electron chi connectivity index (χ2n) is 24.5. The van der Waals surface area contributed by atoms with Crippen molar-refractivity contribution in [2.24, 2.45) is 23.7 Å². The molecule has 4 saturated heterocycles. The molecule has 0 aromatic rings. The number of piperazine rings is 2. The van der Waals surface area contributed by atoms with E-state index in [9.17, 15) is 19.2 Å². The molecule has 0 N–H and O–H groups in total. The van der Waals surface area contributed by atoms with Gasteiger partial charge in [-0.25, -0.2) is 0 Å². The van der Waals surface area contributed by atoms with Gasteiger partial charge in [0.1, 0.15) is 11.6 Å². The Hall–Kier alpha value is -2.04. The minimum Gasteiger partial charge on any atom is -0.343 e. The summed E-state index contributed by atoms with van der Waals surface area (Å²) in [6.45, 7) is 13.8. The summed E-state index contributed by atoms with van der Waals surface area (Å²) >= 11 is 0. The normalized spacial score (nSPS) is 31.6. The molecule has 70 heavy (non-hydrogen) atoms. The van der Waals surface area contributed by atoms with E-state index in [-0.39, 0.29) is 11.8 Å². The number of rotatable bonds is 12. The molecular formula is C56H106N10O4. The second-order valence-corrected chi connectivity index (χ2v) is 24.5. The van der Waals surface area contributed by atoms with Crippen molar-refractivity contribution in [3.8, 4) is 0 Å². The van der Waals surface area contributed by atoms with Gasteiger partial charge in [-0.3, -0.25) is 38.8 Å². The van der Waals surface area contributed by atoms with Gasteiger partial charge in [-0.15, -0.1) is 0 Å². The number of nitrogens with zero attached hydrogens (tertiary/aromatic N) is 10. The van der Waals surface area contributed by atoms with E-state index in [1.54, 1.807) is 0 Å². The molecule has 0 aromatic heterocycles. The van der Waals surface area contributed by atoms with E-state index < -0.39 is 0 Å². The van der Waals surface area contributed by atoms with Crippen molar-refractivity contribution in [1.82, 2.24) is 49.0 Å². The average Bonchev–Trinajstić information content (AvgIpc) is 3.32. The molecule has 0 spiro atoms. The summed E-state index contributed by atoms with van der Waals surface area (Å²) in [5, 5.41) is 0. The Kier molecular flexibility index (Phi) is 25.5. The highest BCUT2D eigenvalue weighted by atomic mass is 16.2. The molecule has 4 heterocycles.